The van der Waals surface area contributed by atoms with Crippen LogP contribution in [0.4, 0.5) is 17.6 Å². The van der Waals surface area contributed by atoms with Gasteiger partial charge in [0.15, 0.2) is 5.82 Å². The van der Waals surface area contributed by atoms with Crippen LogP contribution in [0, 0.1) is 0 Å². The van der Waals surface area contributed by atoms with Crippen LogP contribution in [0.25, 0.3) is 0 Å². The van der Waals surface area contributed by atoms with Gasteiger partial charge in [-0.25, -0.2) is 4.98 Å². The average molecular weight is 216 g/mol. The summed E-state index contributed by atoms with van der Waals surface area (Å²) in [5.74, 6) is 2.31. The summed E-state index contributed by atoms with van der Waals surface area (Å²) in [7, 11) is 0. The molecule has 1 fully saturated rings. The second-order valence-corrected chi connectivity index (χ2v) is 3.67. The predicted octanol–water partition coefficient (Wildman–Crippen LogP) is 1.15. The summed E-state index contributed by atoms with van der Waals surface area (Å²) in [5.41, 5.74) is 0. The summed E-state index contributed by atoms with van der Waals surface area (Å²) >= 11 is 0. The average Bonchev–Trinajstić information content (AvgIpc) is 2.68. The number of hydrogen-bond acceptors (Lipinski definition) is 5. The molecule has 3 rings (SSSR count). The quantitative estimate of drug-likeness (QED) is 0.805. The molecule has 2 N–H and O–H groups in total. The van der Waals surface area contributed by atoms with E-state index in [1.54, 1.807) is 12.4 Å². The Morgan fingerprint density at radius 3 is 2.88 bits per heavy atom. The summed E-state index contributed by atoms with van der Waals surface area (Å²) in [5, 5.41) is 9.86. The van der Waals surface area contributed by atoms with Crippen LogP contribution in [0.2, 0.25) is 0 Å². The Morgan fingerprint density at radius 2 is 2.19 bits per heavy atom. The molecule has 0 aromatic carbocycles. The van der Waals surface area contributed by atoms with E-state index in [4.69, 9.17) is 0 Å². The van der Waals surface area contributed by atoms with E-state index in [2.05, 4.69) is 30.4 Å². The number of nitrogens with one attached hydrogen (secondary N) is 2. The van der Waals surface area contributed by atoms with E-state index in [0.29, 0.717) is 0 Å². The van der Waals surface area contributed by atoms with Gasteiger partial charge >= 0.3 is 0 Å². The van der Waals surface area contributed by atoms with Gasteiger partial charge in [-0.1, -0.05) is 0 Å². The zero-order valence-corrected chi connectivity index (χ0v) is 8.72. The smallest absolute Gasteiger partial charge is 0.227 e. The minimum absolute atomic E-state index is 0.758. The van der Waals surface area contributed by atoms with E-state index >= 15 is 0 Å². The minimum atomic E-state index is 0.758. The molecule has 1 saturated heterocycles. The summed E-state index contributed by atoms with van der Waals surface area (Å²) in [6.45, 7) is 2.09. The van der Waals surface area contributed by atoms with Gasteiger partial charge in [-0.3, -0.25) is 5.10 Å². The van der Waals surface area contributed by atoms with Crippen molar-refractivity contribution in [1.82, 2.24) is 20.2 Å². The van der Waals surface area contributed by atoms with Gasteiger partial charge in [0, 0.05) is 31.5 Å². The zero-order valence-electron chi connectivity index (χ0n) is 8.72. The minimum Gasteiger partial charge on any atom is -0.341 e. The molecular weight excluding hydrogens is 204 g/mol. The fourth-order valence-corrected chi connectivity index (χ4v) is 1.55. The lowest BCUT2D eigenvalue weighted by molar-refractivity contribution is 0.600. The topological polar surface area (TPSA) is 69.7 Å². The Balaban J connectivity index is 1.79. The van der Waals surface area contributed by atoms with Crippen LogP contribution in [0.1, 0.15) is 6.42 Å². The molecule has 6 nitrogen and oxygen atoms in total. The highest BCUT2D eigenvalue weighted by molar-refractivity contribution is 5.52. The largest absolute Gasteiger partial charge is 0.341 e. The van der Waals surface area contributed by atoms with Crippen LogP contribution in [0.3, 0.4) is 0 Å². The third-order valence-electron chi connectivity index (χ3n) is 2.54. The Kier molecular flexibility index (Phi) is 2.17. The molecule has 0 unspecified atom stereocenters. The lowest BCUT2D eigenvalue weighted by Crippen LogP contribution is -2.38. The van der Waals surface area contributed by atoms with Gasteiger partial charge in [0.2, 0.25) is 5.95 Å². The molecule has 3 heterocycles. The molecule has 2 aromatic heterocycles. The van der Waals surface area contributed by atoms with E-state index in [-0.39, 0.29) is 0 Å². The SMILES string of the molecule is c1cc(Nc2cc[nH]n2)nc(N2CCC2)n1. The molecule has 0 amide bonds. The molecule has 1 aliphatic rings. The van der Waals surface area contributed by atoms with E-state index in [1.807, 2.05) is 12.1 Å². The second-order valence-electron chi connectivity index (χ2n) is 3.67. The summed E-state index contributed by atoms with van der Waals surface area (Å²) in [6.07, 6.45) is 4.75. The number of hydrogen-bond donors (Lipinski definition) is 2. The van der Waals surface area contributed by atoms with Gasteiger partial charge in [0.05, 0.1) is 0 Å². The molecule has 0 bridgehead atoms. The first-order valence-corrected chi connectivity index (χ1v) is 5.26. The van der Waals surface area contributed by atoms with Crippen molar-refractivity contribution in [2.24, 2.45) is 0 Å². The molecular formula is C10H12N6. The van der Waals surface area contributed by atoms with Crippen molar-refractivity contribution in [1.29, 1.82) is 0 Å². The Morgan fingerprint density at radius 1 is 1.25 bits per heavy atom. The molecule has 16 heavy (non-hydrogen) atoms. The van der Waals surface area contributed by atoms with Crippen LogP contribution in [0.15, 0.2) is 24.5 Å². The first-order chi connectivity index (χ1) is 7.92. The molecule has 0 radical (unpaired) electrons. The molecule has 82 valence electrons. The molecule has 1 aliphatic heterocycles. The number of anilines is 3. The van der Waals surface area contributed by atoms with Crippen LogP contribution < -0.4 is 10.2 Å². The van der Waals surface area contributed by atoms with Gasteiger partial charge in [-0.15, -0.1) is 0 Å². The van der Waals surface area contributed by atoms with Crippen LogP contribution in [-0.2, 0) is 0 Å². The van der Waals surface area contributed by atoms with Crippen molar-refractivity contribution in [3.8, 4) is 0 Å². The lowest BCUT2D eigenvalue weighted by atomic mass is 10.2. The van der Waals surface area contributed by atoms with Gasteiger partial charge in [-0.2, -0.15) is 10.1 Å². The highest BCUT2D eigenvalue weighted by Crippen LogP contribution is 2.18. The van der Waals surface area contributed by atoms with Crippen molar-refractivity contribution in [2.45, 2.75) is 6.42 Å². The van der Waals surface area contributed by atoms with E-state index in [9.17, 15) is 0 Å². The normalized spacial score (nSPS) is 14.6. The Hall–Kier alpha value is -2.11. The first kappa shape index (κ1) is 9.14. The second kappa shape index (κ2) is 3.80. The fourth-order valence-electron chi connectivity index (χ4n) is 1.55. The van der Waals surface area contributed by atoms with Gasteiger partial charge in [0.1, 0.15) is 5.82 Å². The summed E-state index contributed by atoms with van der Waals surface area (Å²) in [6, 6.07) is 3.68. The zero-order chi connectivity index (χ0) is 10.8. The van der Waals surface area contributed by atoms with Crippen LogP contribution >= 0.6 is 0 Å². The van der Waals surface area contributed by atoms with E-state index in [0.717, 1.165) is 30.7 Å². The number of rotatable bonds is 3. The summed E-state index contributed by atoms with van der Waals surface area (Å²) < 4.78 is 0. The monoisotopic (exact) mass is 216 g/mol. The molecule has 0 atom stereocenters. The van der Waals surface area contributed by atoms with Gasteiger partial charge in [-0.05, 0) is 12.5 Å². The number of nitrogens with zero attached hydrogens (tertiary/aromatic N) is 4. The third-order valence-corrected chi connectivity index (χ3v) is 2.54. The number of H-pyrrole nitrogens is 1. The van der Waals surface area contributed by atoms with Gasteiger partial charge < -0.3 is 10.2 Å². The van der Waals surface area contributed by atoms with Crippen molar-refractivity contribution >= 4 is 17.6 Å². The molecule has 2 aromatic rings. The van der Waals surface area contributed by atoms with Crippen LogP contribution in [0.5, 0.6) is 0 Å². The van der Waals surface area contributed by atoms with Crippen molar-refractivity contribution in [3.63, 3.8) is 0 Å². The third kappa shape index (κ3) is 1.69. The van der Waals surface area contributed by atoms with Crippen molar-refractivity contribution in [3.05, 3.63) is 24.5 Å². The highest BCUT2D eigenvalue weighted by Gasteiger charge is 2.17. The van der Waals surface area contributed by atoms with E-state index in [1.165, 1.54) is 6.42 Å². The molecule has 0 saturated carbocycles. The lowest BCUT2D eigenvalue weighted by Gasteiger charge is -2.30. The Bertz CT molecular complexity index is 462. The molecule has 6 heteroatoms. The first-order valence-electron chi connectivity index (χ1n) is 5.26. The van der Waals surface area contributed by atoms with Crippen molar-refractivity contribution in [2.75, 3.05) is 23.3 Å². The molecule has 0 spiro atoms. The van der Waals surface area contributed by atoms with Gasteiger partial charge in [0.25, 0.3) is 0 Å². The standard InChI is InChI=1S/C10H12N6/c1-6-16(7-1)10-11-4-2-8(14-10)13-9-3-5-12-15-9/h2-5H,1,6-7H2,(H2,11,12,13,14,15). The highest BCUT2D eigenvalue weighted by atomic mass is 15.3. The maximum absolute atomic E-state index is 4.42. The summed E-state index contributed by atoms with van der Waals surface area (Å²) in [4.78, 5) is 10.8. The fraction of sp³-hybridized carbons (Fsp3) is 0.300. The Labute approximate surface area is 92.7 Å². The maximum Gasteiger partial charge on any atom is 0.227 e. The van der Waals surface area contributed by atoms with Crippen LogP contribution in [-0.4, -0.2) is 33.3 Å². The van der Waals surface area contributed by atoms with E-state index < -0.39 is 0 Å². The molecule has 0 aliphatic carbocycles. The number of aromatic amines is 1. The number of aromatic nitrogens is 4. The van der Waals surface area contributed by atoms with Crippen molar-refractivity contribution < 1.29 is 0 Å². The predicted molar refractivity (Wildman–Crippen MR) is 60.7 cm³/mol. The maximum atomic E-state index is 4.42.